The van der Waals surface area contributed by atoms with Crippen molar-refractivity contribution in [2.24, 2.45) is 5.41 Å². The van der Waals surface area contributed by atoms with Crippen molar-refractivity contribution < 1.29 is 0 Å². The highest BCUT2D eigenvalue weighted by atomic mass is 14.3. The Labute approximate surface area is 92.3 Å². The second-order valence-electron chi connectivity index (χ2n) is 4.30. The molecular formula is C15H18. The molecular weight excluding hydrogens is 180 g/mol. The summed E-state index contributed by atoms with van der Waals surface area (Å²) in [7, 11) is 0. The van der Waals surface area contributed by atoms with Crippen LogP contribution in [-0.4, -0.2) is 0 Å². The van der Waals surface area contributed by atoms with Crippen molar-refractivity contribution in [2.45, 2.75) is 26.7 Å². The van der Waals surface area contributed by atoms with Crippen molar-refractivity contribution in [3.05, 3.63) is 53.6 Å². The van der Waals surface area contributed by atoms with Crippen molar-refractivity contribution in [2.75, 3.05) is 0 Å². The van der Waals surface area contributed by atoms with Gasteiger partial charge in [-0.25, -0.2) is 0 Å². The summed E-state index contributed by atoms with van der Waals surface area (Å²) < 4.78 is 0. The molecule has 1 aliphatic carbocycles. The Morgan fingerprint density at radius 2 is 2.13 bits per heavy atom. The van der Waals surface area contributed by atoms with Gasteiger partial charge in [0.25, 0.3) is 0 Å². The van der Waals surface area contributed by atoms with Gasteiger partial charge in [0.05, 0.1) is 0 Å². The lowest BCUT2D eigenvalue weighted by atomic mass is 9.74. The van der Waals surface area contributed by atoms with Crippen LogP contribution in [0.15, 0.2) is 42.5 Å². The van der Waals surface area contributed by atoms with Crippen molar-refractivity contribution >= 4 is 6.08 Å². The van der Waals surface area contributed by atoms with E-state index in [4.69, 9.17) is 0 Å². The van der Waals surface area contributed by atoms with Crippen molar-refractivity contribution in [3.63, 3.8) is 0 Å². The minimum absolute atomic E-state index is 0.253. The first-order chi connectivity index (χ1) is 7.29. The summed E-state index contributed by atoms with van der Waals surface area (Å²) in [4.78, 5) is 0. The van der Waals surface area contributed by atoms with Crippen molar-refractivity contribution in [1.29, 1.82) is 0 Å². The molecule has 0 spiro atoms. The van der Waals surface area contributed by atoms with Crippen LogP contribution in [0.2, 0.25) is 0 Å². The number of hydrogen-bond acceptors (Lipinski definition) is 0. The first-order valence-electron chi connectivity index (χ1n) is 5.71. The van der Waals surface area contributed by atoms with E-state index in [0.717, 1.165) is 6.42 Å². The Bertz CT molecular complexity index is 398. The molecule has 0 nitrogen and oxygen atoms in total. The maximum Gasteiger partial charge on any atom is 0.0102 e. The molecule has 1 aliphatic rings. The van der Waals surface area contributed by atoms with Gasteiger partial charge < -0.3 is 0 Å². The fourth-order valence-electron chi connectivity index (χ4n) is 2.33. The van der Waals surface area contributed by atoms with Crippen LogP contribution in [-0.2, 0) is 6.42 Å². The Morgan fingerprint density at radius 1 is 1.33 bits per heavy atom. The largest absolute Gasteiger partial charge is 0.0908 e. The third-order valence-corrected chi connectivity index (χ3v) is 3.33. The minimum Gasteiger partial charge on any atom is -0.0908 e. The zero-order chi connectivity index (χ0) is 10.7. The first kappa shape index (κ1) is 10.2. The third kappa shape index (κ3) is 1.90. The molecule has 0 bridgehead atoms. The Hall–Kier alpha value is -1.30. The molecule has 0 radical (unpaired) electrons. The SMILES string of the molecule is CC=CC1(CC)C=Cc2ccccc2C1. The van der Waals surface area contributed by atoms with Gasteiger partial charge in [-0.05, 0) is 30.9 Å². The zero-order valence-electron chi connectivity index (χ0n) is 9.53. The second-order valence-corrected chi connectivity index (χ2v) is 4.30. The second kappa shape index (κ2) is 4.06. The monoisotopic (exact) mass is 198 g/mol. The van der Waals surface area contributed by atoms with E-state index in [1.807, 2.05) is 0 Å². The highest BCUT2D eigenvalue weighted by Gasteiger charge is 2.25. The number of rotatable bonds is 2. The van der Waals surface area contributed by atoms with Crippen LogP contribution in [0.5, 0.6) is 0 Å². The predicted octanol–water partition coefficient (Wildman–Crippen LogP) is 4.23. The molecule has 0 heteroatoms. The summed E-state index contributed by atoms with van der Waals surface area (Å²) in [6.45, 7) is 4.37. The number of allylic oxidation sites excluding steroid dienone is 3. The summed E-state index contributed by atoms with van der Waals surface area (Å²) in [6.07, 6.45) is 11.4. The molecule has 0 aromatic heterocycles. The van der Waals surface area contributed by atoms with Gasteiger partial charge in [-0.2, -0.15) is 0 Å². The molecule has 0 aliphatic heterocycles. The summed E-state index contributed by atoms with van der Waals surface area (Å²) >= 11 is 0. The van der Waals surface area contributed by atoms with Gasteiger partial charge in [-0.1, -0.05) is 55.5 Å². The molecule has 0 saturated heterocycles. The van der Waals surface area contributed by atoms with Crippen LogP contribution in [0.4, 0.5) is 0 Å². The molecule has 1 atom stereocenters. The number of hydrogen-bond donors (Lipinski definition) is 0. The molecule has 0 saturated carbocycles. The van der Waals surface area contributed by atoms with E-state index in [9.17, 15) is 0 Å². The van der Waals surface area contributed by atoms with Crippen molar-refractivity contribution in [1.82, 2.24) is 0 Å². The van der Waals surface area contributed by atoms with Crippen molar-refractivity contribution in [3.8, 4) is 0 Å². The minimum atomic E-state index is 0.253. The Balaban J connectivity index is 2.39. The van der Waals surface area contributed by atoms with Crippen LogP contribution >= 0.6 is 0 Å². The van der Waals surface area contributed by atoms with E-state index in [0.29, 0.717) is 0 Å². The van der Waals surface area contributed by atoms with Gasteiger partial charge in [-0.15, -0.1) is 0 Å². The zero-order valence-corrected chi connectivity index (χ0v) is 9.53. The lowest BCUT2D eigenvalue weighted by Gasteiger charge is -2.30. The predicted molar refractivity (Wildman–Crippen MR) is 66.7 cm³/mol. The maximum atomic E-state index is 2.36. The molecule has 0 heterocycles. The average molecular weight is 198 g/mol. The normalized spacial score (nSPS) is 24.4. The van der Waals surface area contributed by atoms with E-state index in [1.54, 1.807) is 0 Å². The van der Waals surface area contributed by atoms with Gasteiger partial charge in [0.2, 0.25) is 0 Å². The Kier molecular flexibility index (Phi) is 2.77. The average Bonchev–Trinajstić information content (AvgIpc) is 2.29. The topological polar surface area (TPSA) is 0 Å². The summed E-state index contributed by atoms with van der Waals surface area (Å²) in [6, 6.07) is 8.68. The van der Waals surface area contributed by atoms with Crippen LogP contribution in [0.1, 0.15) is 31.4 Å². The van der Waals surface area contributed by atoms with E-state index in [1.165, 1.54) is 17.5 Å². The molecule has 0 amide bonds. The molecule has 1 aromatic carbocycles. The fourth-order valence-corrected chi connectivity index (χ4v) is 2.33. The smallest absolute Gasteiger partial charge is 0.0102 e. The molecule has 0 fully saturated rings. The standard InChI is InChI=1S/C15H18/c1-3-10-15(4-2)11-9-13-7-5-6-8-14(13)12-15/h3,5-11H,4,12H2,1-2H3. The Morgan fingerprint density at radius 3 is 2.87 bits per heavy atom. The van der Waals surface area contributed by atoms with Gasteiger partial charge in [0.15, 0.2) is 0 Å². The lowest BCUT2D eigenvalue weighted by molar-refractivity contribution is 0.467. The summed E-state index contributed by atoms with van der Waals surface area (Å²) in [5, 5.41) is 0. The molecule has 1 unspecified atom stereocenters. The highest BCUT2D eigenvalue weighted by molar-refractivity contribution is 5.58. The molecule has 78 valence electrons. The number of benzene rings is 1. The third-order valence-electron chi connectivity index (χ3n) is 3.33. The molecule has 0 N–H and O–H groups in total. The maximum absolute atomic E-state index is 2.36. The van der Waals surface area contributed by atoms with Gasteiger partial charge in [0, 0.05) is 5.41 Å². The highest BCUT2D eigenvalue weighted by Crippen LogP contribution is 2.36. The van der Waals surface area contributed by atoms with Gasteiger partial charge >= 0.3 is 0 Å². The molecule has 1 aromatic rings. The quantitative estimate of drug-likeness (QED) is 0.624. The van der Waals surface area contributed by atoms with E-state index >= 15 is 0 Å². The molecule has 2 rings (SSSR count). The summed E-state index contributed by atoms with van der Waals surface area (Å²) in [5.74, 6) is 0. The fraction of sp³-hybridized carbons (Fsp3) is 0.333. The lowest BCUT2D eigenvalue weighted by Crippen LogP contribution is -2.20. The van der Waals surface area contributed by atoms with Gasteiger partial charge in [-0.3, -0.25) is 0 Å². The van der Waals surface area contributed by atoms with E-state index < -0.39 is 0 Å². The first-order valence-corrected chi connectivity index (χ1v) is 5.71. The summed E-state index contributed by atoms with van der Waals surface area (Å²) in [5.41, 5.74) is 3.11. The van der Waals surface area contributed by atoms with E-state index in [2.05, 4.69) is 62.4 Å². The van der Waals surface area contributed by atoms with Gasteiger partial charge in [0.1, 0.15) is 0 Å². The van der Waals surface area contributed by atoms with Crippen LogP contribution in [0.25, 0.3) is 6.08 Å². The molecule has 15 heavy (non-hydrogen) atoms. The van der Waals surface area contributed by atoms with Crippen LogP contribution in [0.3, 0.4) is 0 Å². The van der Waals surface area contributed by atoms with E-state index in [-0.39, 0.29) is 5.41 Å². The van der Waals surface area contributed by atoms with Crippen LogP contribution in [0, 0.1) is 5.41 Å². The number of fused-ring (bicyclic) bond motifs is 1. The van der Waals surface area contributed by atoms with Crippen LogP contribution < -0.4 is 0 Å².